The van der Waals surface area contributed by atoms with Gasteiger partial charge in [0.05, 0.1) is 0 Å². The molecule has 0 aromatic carbocycles. The van der Waals surface area contributed by atoms with Crippen molar-refractivity contribution in [2.24, 2.45) is 0 Å². The van der Waals surface area contributed by atoms with E-state index in [0.717, 1.165) is 5.57 Å². The largest absolute Gasteiger partial charge is 3.00 e. The molecule has 0 nitrogen and oxygen atoms in total. The summed E-state index contributed by atoms with van der Waals surface area (Å²) in [4.78, 5) is 0. The van der Waals surface area contributed by atoms with Crippen LogP contribution in [-0.2, 0) is 32.7 Å². The van der Waals surface area contributed by atoms with Gasteiger partial charge in [0, 0.05) is 0 Å². The molecule has 1 heteroatoms. The molecule has 0 atom stereocenters. The quantitative estimate of drug-likeness (QED) is 0.448. The summed E-state index contributed by atoms with van der Waals surface area (Å²) in [5.41, 5.74) is 1.14. The van der Waals surface area contributed by atoms with Crippen molar-refractivity contribution in [3.05, 3.63) is 31.2 Å². The maximum atomic E-state index is 2.96. The first kappa shape index (κ1) is 16.3. The van der Waals surface area contributed by atoms with E-state index in [1.54, 1.807) is 0 Å². The number of hydrogen-bond donors (Lipinski definition) is 0. The molecule has 0 N–H and O–H groups in total. The van der Waals surface area contributed by atoms with Gasteiger partial charge < -0.3 is 31.2 Å². The third-order valence-electron chi connectivity index (χ3n) is 0.755. The Morgan fingerprint density at radius 2 is 1.78 bits per heavy atom. The molecule has 0 saturated heterocycles. The van der Waals surface area contributed by atoms with Crippen molar-refractivity contribution in [3.8, 4) is 0 Å². The fourth-order valence-corrected chi connectivity index (χ4v) is 0.289. The summed E-state index contributed by atoms with van der Waals surface area (Å²) in [6.07, 6.45) is 7.76. The molecule has 0 aliphatic carbocycles. The van der Waals surface area contributed by atoms with E-state index in [1.165, 1.54) is 0 Å². The van der Waals surface area contributed by atoms with Gasteiger partial charge in [-0.1, -0.05) is 0 Å². The number of allylic oxidation sites excluding steroid dienone is 4. The van der Waals surface area contributed by atoms with E-state index in [0.29, 0.717) is 0 Å². The average Bonchev–Trinajstić information content (AvgIpc) is 1.68. The van der Waals surface area contributed by atoms with Gasteiger partial charge in [-0.3, -0.25) is 0 Å². The molecule has 48 valence electrons. The molecule has 0 aliphatic rings. The second kappa shape index (κ2) is 11.4. The first-order chi connectivity index (χ1) is 3.31. The Morgan fingerprint density at radius 1 is 1.33 bits per heavy atom. The molecule has 0 aromatic heterocycles. The van der Waals surface area contributed by atoms with Crippen LogP contribution in [-0.4, -0.2) is 0 Å². The molecule has 0 spiro atoms. The fraction of sp³-hybridized carbons (Fsp3) is 0.375. The van der Waals surface area contributed by atoms with E-state index < -0.39 is 0 Å². The zero-order valence-corrected chi connectivity index (χ0v) is 9.49. The molecule has 0 unspecified atom stereocenters. The maximum Gasteiger partial charge on any atom is 3.00 e. The van der Waals surface area contributed by atoms with Crippen LogP contribution in [0.15, 0.2) is 11.6 Å². The van der Waals surface area contributed by atoms with Crippen molar-refractivity contribution >= 4 is 0 Å². The van der Waals surface area contributed by atoms with E-state index in [1.807, 2.05) is 26.8 Å². The third-order valence-corrected chi connectivity index (χ3v) is 0.755. The van der Waals surface area contributed by atoms with E-state index in [2.05, 4.69) is 12.2 Å². The molecule has 0 fully saturated rings. The third kappa shape index (κ3) is 11.9. The van der Waals surface area contributed by atoms with Gasteiger partial charge >= 0.3 is 32.7 Å². The van der Waals surface area contributed by atoms with E-state index in [9.17, 15) is 0 Å². The second-order valence-corrected chi connectivity index (χ2v) is 1.37. The Morgan fingerprint density at radius 3 is 1.89 bits per heavy atom. The van der Waals surface area contributed by atoms with E-state index in [4.69, 9.17) is 0 Å². The van der Waals surface area contributed by atoms with Gasteiger partial charge in [-0.2, -0.15) is 0 Å². The normalized spacial score (nSPS) is 10.3. The smallest absolute Gasteiger partial charge is 0.388 e. The van der Waals surface area contributed by atoms with Crippen molar-refractivity contribution in [2.45, 2.75) is 20.8 Å². The Labute approximate surface area is 84.3 Å². The molecule has 0 amide bonds. The van der Waals surface area contributed by atoms with Crippen LogP contribution in [0.4, 0.5) is 0 Å². The van der Waals surface area contributed by atoms with Crippen molar-refractivity contribution in [1.82, 2.24) is 0 Å². The number of rotatable bonds is 1. The van der Waals surface area contributed by atoms with Crippen LogP contribution in [0.3, 0.4) is 0 Å². The van der Waals surface area contributed by atoms with Crippen LogP contribution in [0.2, 0.25) is 0 Å². The molecule has 0 heterocycles. The molecule has 0 saturated carbocycles. The predicted molar refractivity (Wildman–Crippen MR) is 38.0 cm³/mol. The zero-order valence-electron chi connectivity index (χ0n) is 6.65. The average molecular weight is 198 g/mol. The van der Waals surface area contributed by atoms with Gasteiger partial charge in [-0.25, -0.2) is 0 Å². The zero-order chi connectivity index (χ0) is 5.70. The van der Waals surface area contributed by atoms with Gasteiger partial charge in [0.1, 0.15) is 0 Å². The minimum atomic E-state index is 0. The van der Waals surface area contributed by atoms with Crippen LogP contribution in [0, 0.1) is 19.6 Å². The van der Waals surface area contributed by atoms with Crippen molar-refractivity contribution in [3.63, 3.8) is 0 Å². The van der Waals surface area contributed by atoms with Crippen LogP contribution in [0.1, 0.15) is 20.8 Å². The maximum absolute atomic E-state index is 2.96. The summed E-state index contributed by atoms with van der Waals surface area (Å²) in [6, 6.07) is 0. The van der Waals surface area contributed by atoms with Gasteiger partial charge in [0.15, 0.2) is 0 Å². The van der Waals surface area contributed by atoms with Crippen molar-refractivity contribution < 1.29 is 32.7 Å². The standard InChI is InChI=1S/C7H10.CH3.Y/c1-4-6-7(3)5-2;;/h6H,1-3H3;1H3;/q-2;-1;+3. The van der Waals surface area contributed by atoms with Gasteiger partial charge in [0.2, 0.25) is 0 Å². The Kier molecular flexibility index (Phi) is 20.6. The monoisotopic (exact) mass is 198 g/mol. The summed E-state index contributed by atoms with van der Waals surface area (Å²) in [6.45, 7) is 5.76. The Bertz CT molecular complexity index is 90.7. The Balaban J connectivity index is -0.000000180. The molecule has 0 radical (unpaired) electrons. The number of hydrogen-bond acceptors (Lipinski definition) is 0. The van der Waals surface area contributed by atoms with Crippen LogP contribution in [0.5, 0.6) is 0 Å². The molecule has 0 aliphatic heterocycles. The van der Waals surface area contributed by atoms with E-state index in [-0.39, 0.29) is 40.1 Å². The first-order valence-electron chi connectivity index (χ1n) is 2.33. The fourth-order valence-electron chi connectivity index (χ4n) is 0.289. The van der Waals surface area contributed by atoms with Crippen molar-refractivity contribution in [2.75, 3.05) is 0 Å². The van der Waals surface area contributed by atoms with E-state index >= 15 is 0 Å². The molecule has 0 rings (SSSR count). The second-order valence-electron chi connectivity index (χ2n) is 1.37. The van der Waals surface area contributed by atoms with Crippen LogP contribution >= 0.6 is 0 Å². The minimum Gasteiger partial charge on any atom is -0.388 e. The Hall–Kier alpha value is 0.584. The molecular formula is C8H13Y. The molecule has 9 heavy (non-hydrogen) atoms. The summed E-state index contributed by atoms with van der Waals surface area (Å²) < 4.78 is 0. The summed E-state index contributed by atoms with van der Waals surface area (Å²) in [5, 5.41) is 0. The topological polar surface area (TPSA) is 0 Å². The molecule has 0 bridgehead atoms. The van der Waals surface area contributed by atoms with Crippen LogP contribution in [0.25, 0.3) is 0 Å². The van der Waals surface area contributed by atoms with Gasteiger partial charge in [-0.15, -0.1) is 20.8 Å². The summed E-state index contributed by atoms with van der Waals surface area (Å²) >= 11 is 0. The van der Waals surface area contributed by atoms with Crippen LogP contribution < -0.4 is 0 Å². The minimum absolute atomic E-state index is 0. The molecular weight excluding hydrogens is 185 g/mol. The summed E-state index contributed by atoms with van der Waals surface area (Å²) in [7, 11) is 0. The predicted octanol–water partition coefficient (Wildman–Crippen LogP) is 2.58. The SMILES string of the molecule is C[C-]=CC(C)=[C-]C.[CH3-].[Y+3]. The molecule has 0 aromatic rings. The summed E-state index contributed by atoms with van der Waals surface area (Å²) in [5.74, 6) is 0. The van der Waals surface area contributed by atoms with Crippen molar-refractivity contribution in [1.29, 1.82) is 0 Å². The first-order valence-corrected chi connectivity index (χ1v) is 2.33. The van der Waals surface area contributed by atoms with Gasteiger partial charge in [0.25, 0.3) is 0 Å². The van der Waals surface area contributed by atoms with Gasteiger partial charge in [-0.05, 0) is 0 Å².